The smallest absolute Gasteiger partial charge is 0.179 e. The first kappa shape index (κ1) is 15.0. The fourth-order valence-electron chi connectivity index (χ4n) is 1.40. The molecule has 0 aromatic rings. The Morgan fingerprint density at radius 2 is 1.94 bits per heavy atom. The van der Waals surface area contributed by atoms with Gasteiger partial charge in [-0.1, -0.05) is 41.0 Å². The first-order valence-corrected chi connectivity index (χ1v) is 5.77. The second kappa shape index (κ2) is 5.92. The van der Waals surface area contributed by atoms with E-state index in [-0.39, 0.29) is 23.2 Å². The first-order chi connectivity index (χ1) is 7.23. The van der Waals surface area contributed by atoms with E-state index >= 15 is 0 Å². The summed E-state index contributed by atoms with van der Waals surface area (Å²) in [6.45, 7) is 13.6. The Bertz CT molecular complexity index is 253. The van der Waals surface area contributed by atoms with Crippen LogP contribution in [-0.4, -0.2) is 18.9 Å². The number of Topliss-reactive ketones (excluding diaryl/α,β-unsaturated/α-hetero) is 1. The number of carbonyl (C=O) groups is 1. The van der Waals surface area contributed by atoms with Crippen molar-refractivity contribution in [2.45, 2.75) is 47.1 Å². The van der Waals surface area contributed by atoms with Crippen LogP contribution in [0.2, 0.25) is 0 Å². The number of carbonyl (C=O) groups excluding carboxylic acids is 1. The maximum absolute atomic E-state index is 12.3. The van der Waals surface area contributed by atoms with Gasteiger partial charge >= 0.3 is 0 Å². The lowest BCUT2D eigenvalue weighted by atomic mass is 9.81. The minimum absolute atomic E-state index is 0.194. The molecule has 0 saturated carbocycles. The molecule has 16 heavy (non-hydrogen) atoms. The molecule has 0 aromatic heterocycles. The van der Waals surface area contributed by atoms with Crippen molar-refractivity contribution in [3.05, 3.63) is 12.5 Å². The summed E-state index contributed by atoms with van der Waals surface area (Å²) in [7, 11) is 1.55. The third-order valence-electron chi connectivity index (χ3n) is 2.80. The molecule has 1 N–H and O–H groups in total. The van der Waals surface area contributed by atoms with Crippen molar-refractivity contribution in [2.75, 3.05) is 7.11 Å². The Morgan fingerprint density at radius 1 is 1.44 bits per heavy atom. The molecule has 2 atom stereocenters. The molecule has 0 saturated heterocycles. The molecular weight excluding hydrogens is 202 g/mol. The van der Waals surface area contributed by atoms with Crippen LogP contribution in [0.3, 0.4) is 0 Å². The molecule has 0 bridgehead atoms. The molecule has 0 aromatic carbocycles. The highest BCUT2D eigenvalue weighted by Gasteiger charge is 2.32. The van der Waals surface area contributed by atoms with Gasteiger partial charge in [-0.15, -0.1) is 0 Å². The summed E-state index contributed by atoms with van der Waals surface area (Å²) in [5.41, 5.74) is -0.352. The summed E-state index contributed by atoms with van der Waals surface area (Å²) in [6, 6.07) is -0.225. The zero-order valence-corrected chi connectivity index (χ0v) is 11.4. The number of hydrogen-bond donors (Lipinski definition) is 1. The van der Waals surface area contributed by atoms with E-state index in [1.54, 1.807) is 7.11 Å². The molecule has 3 nitrogen and oxygen atoms in total. The molecule has 0 amide bonds. The van der Waals surface area contributed by atoms with Gasteiger partial charge in [0.2, 0.25) is 0 Å². The Kier molecular flexibility index (Phi) is 5.56. The quantitative estimate of drug-likeness (QED) is 0.709. The Labute approximate surface area is 99.3 Å². The molecule has 0 aliphatic carbocycles. The molecule has 94 valence electrons. The van der Waals surface area contributed by atoms with Crippen LogP contribution in [-0.2, 0) is 9.53 Å². The Balaban J connectivity index is 4.81. The summed E-state index contributed by atoms with van der Waals surface area (Å²) >= 11 is 0. The first-order valence-electron chi connectivity index (χ1n) is 5.77. The van der Waals surface area contributed by atoms with Crippen LogP contribution in [0.1, 0.15) is 41.0 Å². The van der Waals surface area contributed by atoms with Crippen LogP contribution in [0.4, 0.5) is 0 Å². The van der Waals surface area contributed by atoms with Gasteiger partial charge in [0.1, 0.15) is 0 Å². The van der Waals surface area contributed by atoms with Crippen molar-refractivity contribution >= 4 is 5.78 Å². The van der Waals surface area contributed by atoms with Gasteiger partial charge in [0, 0.05) is 5.41 Å². The van der Waals surface area contributed by atoms with E-state index in [1.807, 2.05) is 20.8 Å². The second-order valence-electron chi connectivity index (χ2n) is 5.25. The summed E-state index contributed by atoms with van der Waals surface area (Å²) in [5.74, 6) is 0.904. The van der Waals surface area contributed by atoms with Crippen LogP contribution < -0.4 is 5.32 Å². The molecule has 0 fully saturated rings. The van der Waals surface area contributed by atoms with Gasteiger partial charge < -0.3 is 10.1 Å². The lowest BCUT2D eigenvalue weighted by Crippen LogP contribution is -2.46. The molecule has 0 spiro atoms. The predicted octanol–water partition coefficient (Wildman–Crippen LogP) is 2.72. The fourth-order valence-corrected chi connectivity index (χ4v) is 1.40. The second-order valence-corrected chi connectivity index (χ2v) is 5.25. The van der Waals surface area contributed by atoms with Gasteiger partial charge in [0.15, 0.2) is 11.7 Å². The molecule has 0 aliphatic rings. The fraction of sp³-hybridized carbons (Fsp3) is 0.769. The highest BCUT2D eigenvalue weighted by molar-refractivity contribution is 5.89. The van der Waals surface area contributed by atoms with Crippen LogP contribution in [0.15, 0.2) is 12.5 Å². The van der Waals surface area contributed by atoms with E-state index in [9.17, 15) is 4.79 Å². The largest absolute Gasteiger partial charge is 0.483 e. The average molecular weight is 227 g/mol. The van der Waals surface area contributed by atoms with E-state index < -0.39 is 0 Å². The van der Waals surface area contributed by atoms with Crippen LogP contribution >= 0.6 is 0 Å². The maximum Gasteiger partial charge on any atom is 0.179 e. The van der Waals surface area contributed by atoms with Gasteiger partial charge in [-0.25, -0.2) is 0 Å². The molecular formula is C13H25NO2. The third-order valence-corrected chi connectivity index (χ3v) is 2.80. The topological polar surface area (TPSA) is 38.3 Å². The SMILES string of the molecule is C=C(NC(C(=O)C(C)(C)C)C(C)CC)OC. The average Bonchev–Trinajstić information content (AvgIpc) is 2.22. The van der Waals surface area contributed by atoms with Crippen molar-refractivity contribution in [1.29, 1.82) is 0 Å². The van der Waals surface area contributed by atoms with E-state index in [1.165, 1.54) is 0 Å². The summed E-state index contributed by atoms with van der Waals surface area (Å²) in [6.07, 6.45) is 0.941. The van der Waals surface area contributed by atoms with E-state index in [4.69, 9.17) is 4.74 Å². The predicted molar refractivity (Wildman–Crippen MR) is 67.0 cm³/mol. The maximum atomic E-state index is 12.3. The zero-order valence-electron chi connectivity index (χ0n) is 11.4. The molecule has 0 heterocycles. The summed E-state index contributed by atoms with van der Waals surface area (Å²) < 4.78 is 4.98. The number of rotatable bonds is 6. The van der Waals surface area contributed by atoms with Crippen molar-refractivity contribution in [2.24, 2.45) is 11.3 Å². The molecule has 3 heteroatoms. The lowest BCUT2D eigenvalue weighted by Gasteiger charge is -2.30. The minimum atomic E-state index is -0.352. The van der Waals surface area contributed by atoms with Gasteiger partial charge in [0.25, 0.3) is 0 Å². The van der Waals surface area contributed by atoms with Gasteiger partial charge in [-0.05, 0) is 12.5 Å². The normalized spacial score (nSPS) is 15.1. The van der Waals surface area contributed by atoms with Gasteiger partial charge in [-0.3, -0.25) is 4.79 Å². The van der Waals surface area contributed by atoms with Crippen molar-refractivity contribution < 1.29 is 9.53 Å². The molecule has 2 unspecified atom stereocenters. The molecule has 0 aliphatic heterocycles. The number of ketones is 1. The van der Waals surface area contributed by atoms with E-state index in [0.29, 0.717) is 5.88 Å². The highest BCUT2D eigenvalue weighted by Crippen LogP contribution is 2.22. The summed E-state index contributed by atoms with van der Waals surface area (Å²) in [4.78, 5) is 12.3. The monoisotopic (exact) mass is 227 g/mol. The van der Waals surface area contributed by atoms with E-state index in [2.05, 4.69) is 25.7 Å². The van der Waals surface area contributed by atoms with Crippen molar-refractivity contribution in [3.8, 4) is 0 Å². The van der Waals surface area contributed by atoms with Gasteiger partial charge in [0.05, 0.1) is 13.2 Å². The van der Waals surface area contributed by atoms with Gasteiger partial charge in [-0.2, -0.15) is 0 Å². The number of ether oxygens (including phenoxy) is 1. The molecule has 0 radical (unpaired) electrons. The number of nitrogens with one attached hydrogen (secondary N) is 1. The zero-order chi connectivity index (χ0) is 12.9. The standard InChI is InChI=1S/C13H25NO2/c1-8-9(2)11(14-10(3)16-7)12(15)13(4,5)6/h9,11,14H,3,8H2,1-2,4-7H3. The van der Waals surface area contributed by atoms with E-state index in [0.717, 1.165) is 6.42 Å². The molecule has 0 rings (SSSR count). The van der Waals surface area contributed by atoms with Crippen molar-refractivity contribution in [1.82, 2.24) is 5.32 Å². The number of hydrogen-bond acceptors (Lipinski definition) is 3. The lowest BCUT2D eigenvalue weighted by molar-refractivity contribution is -0.129. The van der Waals surface area contributed by atoms with Crippen LogP contribution in [0, 0.1) is 11.3 Å². The highest BCUT2D eigenvalue weighted by atomic mass is 16.5. The Hall–Kier alpha value is -0.990. The van der Waals surface area contributed by atoms with Crippen LogP contribution in [0.5, 0.6) is 0 Å². The minimum Gasteiger partial charge on any atom is -0.483 e. The Morgan fingerprint density at radius 3 is 2.25 bits per heavy atom. The summed E-state index contributed by atoms with van der Waals surface area (Å²) in [5, 5.41) is 3.06. The third kappa shape index (κ3) is 4.25. The van der Waals surface area contributed by atoms with Crippen LogP contribution in [0.25, 0.3) is 0 Å². The van der Waals surface area contributed by atoms with Crippen molar-refractivity contribution in [3.63, 3.8) is 0 Å². The number of methoxy groups -OCH3 is 1.